The van der Waals surface area contributed by atoms with E-state index in [-0.39, 0.29) is 0 Å². The van der Waals surface area contributed by atoms with Crippen LogP contribution in [-0.2, 0) is 4.74 Å². The molecule has 0 saturated carbocycles. The molecule has 1 aromatic carbocycles. The first-order valence-corrected chi connectivity index (χ1v) is 5.47. The number of hydrogen-bond acceptors (Lipinski definition) is 3. The van der Waals surface area contributed by atoms with E-state index in [9.17, 15) is 18.3 Å². The van der Waals surface area contributed by atoms with Gasteiger partial charge in [-0.3, -0.25) is 0 Å². The van der Waals surface area contributed by atoms with Crippen LogP contribution in [0.3, 0.4) is 0 Å². The summed E-state index contributed by atoms with van der Waals surface area (Å²) in [5, 5.41) is 9.53. The Labute approximate surface area is 103 Å². The molecule has 1 N–H and O–H groups in total. The van der Waals surface area contributed by atoms with Gasteiger partial charge in [0.1, 0.15) is 12.4 Å². The summed E-state index contributed by atoms with van der Waals surface area (Å²) in [6, 6.07) is 6.47. The minimum Gasteiger partial charge on any atom is -0.468 e. The zero-order chi connectivity index (χ0) is 13.6. The maximum Gasteiger partial charge on any atom is 0.411 e. The molecule has 0 radical (unpaired) electrons. The average molecular weight is 264 g/mol. The SMILES string of the molecule is CC[C@H](O)c1ccc(OCOCC(F)(F)F)cc1. The third kappa shape index (κ3) is 5.37. The van der Waals surface area contributed by atoms with Crippen LogP contribution in [0.5, 0.6) is 5.75 Å². The molecule has 0 bridgehead atoms. The molecular formula is C12H15F3O3. The molecule has 6 heteroatoms. The van der Waals surface area contributed by atoms with Gasteiger partial charge in [-0.2, -0.15) is 13.2 Å². The zero-order valence-electron chi connectivity index (χ0n) is 9.91. The van der Waals surface area contributed by atoms with E-state index in [1.54, 1.807) is 24.3 Å². The summed E-state index contributed by atoms with van der Waals surface area (Å²) in [7, 11) is 0. The third-order valence-corrected chi connectivity index (χ3v) is 2.23. The molecule has 0 saturated heterocycles. The van der Waals surface area contributed by atoms with Gasteiger partial charge in [0.2, 0.25) is 0 Å². The standard InChI is InChI=1S/C12H15F3O3/c1-2-11(16)9-3-5-10(6-4-9)18-8-17-7-12(13,14)15/h3-6,11,16H,2,7-8H2,1H3/t11-/m0/s1. The van der Waals surface area contributed by atoms with Crippen LogP contribution in [0.15, 0.2) is 24.3 Å². The van der Waals surface area contributed by atoms with Gasteiger partial charge < -0.3 is 14.6 Å². The van der Waals surface area contributed by atoms with Gasteiger partial charge in [0.15, 0.2) is 6.79 Å². The summed E-state index contributed by atoms with van der Waals surface area (Å²) in [5.74, 6) is 0.393. The summed E-state index contributed by atoms with van der Waals surface area (Å²) in [4.78, 5) is 0. The Bertz CT molecular complexity index is 349. The van der Waals surface area contributed by atoms with E-state index < -0.39 is 25.7 Å². The molecule has 0 unspecified atom stereocenters. The molecular weight excluding hydrogens is 249 g/mol. The number of rotatable bonds is 6. The molecule has 102 valence electrons. The van der Waals surface area contributed by atoms with Crippen molar-refractivity contribution in [3.63, 3.8) is 0 Å². The Morgan fingerprint density at radius 1 is 1.22 bits per heavy atom. The maximum atomic E-state index is 11.8. The fourth-order valence-electron chi connectivity index (χ4n) is 1.29. The molecule has 1 aromatic rings. The van der Waals surface area contributed by atoms with Crippen molar-refractivity contribution in [3.05, 3.63) is 29.8 Å². The molecule has 0 aliphatic heterocycles. The molecule has 0 amide bonds. The second-order valence-electron chi connectivity index (χ2n) is 3.72. The van der Waals surface area contributed by atoms with Crippen LogP contribution in [0.25, 0.3) is 0 Å². The fraction of sp³-hybridized carbons (Fsp3) is 0.500. The second kappa shape index (κ2) is 6.61. The Morgan fingerprint density at radius 2 is 1.83 bits per heavy atom. The van der Waals surface area contributed by atoms with Crippen molar-refractivity contribution in [1.82, 2.24) is 0 Å². The molecule has 1 atom stereocenters. The highest BCUT2D eigenvalue weighted by Crippen LogP contribution is 2.20. The summed E-state index contributed by atoms with van der Waals surface area (Å²) >= 11 is 0. The van der Waals surface area contributed by atoms with Crippen LogP contribution in [0.4, 0.5) is 13.2 Å². The number of alkyl halides is 3. The van der Waals surface area contributed by atoms with Crippen molar-refractivity contribution < 1.29 is 27.8 Å². The fourth-order valence-corrected chi connectivity index (χ4v) is 1.29. The van der Waals surface area contributed by atoms with Gasteiger partial charge in [-0.05, 0) is 24.1 Å². The first-order valence-electron chi connectivity index (χ1n) is 5.47. The van der Waals surface area contributed by atoms with Gasteiger partial charge in [-0.25, -0.2) is 0 Å². The smallest absolute Gasteiger partial charge is 0.411 e. The van der Waals surface area contributed by atoms with Gasteiger partial charge >= 0.3 is 6.18 Å². The lowest BCUT2D eigenvalue weighted by Gasteiger charge is -2.11. The quantitative estimate of drug-likeness (QED) is 0.634. The predicted molar refractivity (Wildman–Crippen MR) is 59.2 cm³/mol. The van der Waals surface area contributed by atoms with Crippen LogP contribution in [0, 0.1) is 0 Å². The molecule has 0 heterocycles. The number of aliphatic hydroxyl groups excluding tert-OH is 1. The number of hydrogen-bond donors (Lipinski definition) is 1. The van der Waals surface area contributed by atoms with Crippen molar-refractivity contribution in [2.24, 2.45) is 0 Å². The van der Waals surface area contributed by atoms with Crippen molar-refractivity contribution in [1.29, 1.82) is 0 Å². The van der Waals surface area contributed by atoms with E-state index in [1.165, 1.54) is 0 Å². The van der Waals surface area contributed by atoms with Crippen LogP contribution in [0.2, 0.25) is 0 Å². The molecule has 18 heavy (non-hydrogen) atoms. The van der Waals surface area contributed by atoms with Crippen molar-refractivity contribution in [2.45, 2.75) is 25.6 Å². The Morgan fingerprint density at radius 3 is 2.33 bits per heavy atom. The van der Waals surface area contributed by atoms with Crippen LogP contribution >= 0.6 is 0 Å². The Hall–Kier alpha value is -1.27. The highest BCUT2D eigenvalue weighted by molar-refractivity contribution is 5.28. The van der Waals surface area contributed by atoms with Crippen LogP contribution in [-0.4, -0.2) is 24.7 Å². The van der Waals surface area contributed by atoms with E-state index in [0.29, 0.717) is 12.2 Å². The van der Waals surface area contributed by atoms with Gasteiger partial charge in [0.05, 0.1) is 6.10 Å². The van der Waals surface area contributed by atoms with Crippen molar-refractivity contribution in [3.8, 4) is 5.75 Å². The van der Waals surface area contributed by atoms with Crippen LogP contribution < -0.4 is 4.74 Å². The molecule has 0 aromatic heterocycles. The predicted octanol–water partition coefficient (Wildman–Crippen LogP) is 3.05. The third-order valence-electron chi connectivity index (χ3n) is 2.23. The first kappa shape index (κ1) is 14.8. The lowest BCUT2D eigenvalue weighted by atomic mass is 10.1. The van der Waals surface area contributed by atoms with E-state index in [0.717, 1.165) is 5.56 Å². The largest absolute Gasteiger partial charge is 0.468 e. The lowest BCUT2D eigenvalue weighted by Crippen LogP contribution is -2.19. The molecule has 0 aliphatic rings. The molecule has 1 rings (SSSR count). The highest BCUT2D eigenvalue weighted by Gasteiger charge is 2.27. The molecule has 0 aliphatic carbocycles. The summed E-state index contributed by atoms with van der Waals surface area (Å²) in [5.41, 5.74) is 0.737. The van der Waals surface area contributed by atoms with Gasteiger partial charge in [0.25, 0.3) is 0 Å². The van der Waals surface area contributed by atoms with E-state index in [2.05, 4.69) is 4.74 Å². The number of aliphatic hydroxyl groups is 1. The van der Waals surface area contributed by atoms with E-state index in [4.69, 9.17) is 4.74 Å². The Kier molecular flexibility index (Phi) is 5.43. The molecule has 0 spiro atoms. The van der Waals surface area contributed by atoms with Gasteiger partial charge in [0, 0.05) is 0 Å². The normalized spacial score (nSPS) is 13.4. The summed E-state index contributed by atoms with van der Waals surface area (Å²) in [6.45, 7) is 0.0505. The monoisotopic (exact) mass is 264 g/mol. The number of ether oxygens (including phenoxy) is 2. The average Bonchev–Trinajstić information content (AvgIpc) is 2.33. The molecule has 0 fully saturated rings. The van der Waals surface area contributed by atoms with Crippen molar-refractivity contribution in [2.75, 3.05) is 13.4 Å². The topological polar surface area (TPSA) is 38.7 Å². The summed E-state index contributed by atoms with van der Waals surface area (Å²) in [6.07, 6.45) is -4.30. The minimum absolute atomic E-state index is 0.393. The maximum absolute atomic E-state index is 11.8. The summed E-state index contributed by atoms with van der Waals surface area (Å²) < 4.78 is 44.5. The first-order chi connectivity index (χ1) is 8.42. The zero-order valence-corrected chi connectivity index (χ0v) is 9.91. The van der Waals surface area contributed by atoms with E-state index in [1.807, 2.05) is 6.92 Å². The van der Waals surface area contributed by atoms with E-state index >= 15 is 0 Å². The van der Waals surface area contributed by atoms with Crippen molar-refractivity contribution >= 4 is 0 Å². The Balaban J connectivity index is 2.35. The number of benzene rings is 1. The van der Waals surface area contributed by atoms with Crippen LogP contribution in [0.1, 0.15) is 25.0 Å². The van der Waals surface area contributed by atoms with Gasteiger partial charge in [-0.15, -0.1) is 0 Å². The van der Waals surface area contributed by atoms with Gasteiger partial charge in [-0.1, -0.05) is 19.1 Å². The molecule has 3 nitrogen and oxygen atoms in total. The lowest BCUT2D eigenvalue weighted by molar-refractivity contribution is -0.186. The second-order valence-corrected chi connectivity index (χ2v) is 3.72. The highest BCUT2D eigenvalue weighted by atomic mass is 19.4. The minimum atomic E-state index is -4.35. The number of halogens is 3.